The monoisotopic (exact) mass is 280 g/mol. The Balaban J connectivity index is 2.43. The van der Waals surface area contributed by atoms with Crippen molar-refractivity contribution < 1.29 is 0 Å². The van der Waals surface area contributed by atoms with Gasteiger partial charge >= 0.3 is 0 Å². The Hall–Kier alpha value is 0.610. The summed E-state index contributed by atoms with van der Waals surface area (Å²) in [6.45, 7) is 6.71. The quantitative estimate of drug-likeness (QED) is 0.537. The third-order valence-electron chi connectivity index (χ3n) is 4.64. The SMILES string of the molecule is CC1(C)[C@@H](Cl)[C@H](Cl)C[C@]2(C)C(Cl)=CCC[C@@H]12. The highest BCUT2D eigenvalue weighted by atomic mass is 35.5. The number of alkyl halides is 2. The number of rotatable bonds is 0. The topological polar surface area (TPSA) is 0 Å². The first kappa shape index (κ1) is 13.1. The van der Waals surface area contributed by atoms with Gasteiger partial charge in [-0.05, 0) is 30.6 Å². The van der Waals surface area contributed by atoms with Gasteiger partial charge < -0.3 is 0 Å². The molecule has 3 heteroatoms. The molecule has 2 rings (SSSR count). The van der Waals surface area contributed by atoms with Gasteiger partial charge in [-0.3, -0.25) is 0 Å². The second kappa shape index (κ2) is 4.07. The highest BCUT2D eigenvalue weighted by Gasteiger charge is 2.55. The lowest BCUT2D eigenvalue weighted by atomic mass is 9.53. The maximum atomic E-state index is 6.49. The summed E-state index contributed by atoms with van der Waals surface area (Å²) < 4.78 is 0. The first-order valence-corrected chi connectivity index (χ1v) is 7.19. The van der Waals surface area contributed by atoms with Gasteiger partial charge in [0.1, 0.15) is 0 Å². The summed E-state index contributed by atoms with van der Waals surface area (Å²) in [7, 11) is 0. The van der Waals surface area contributed by atoms with Crippen LogP contribution in [-0.4, -0.2) is 10.8 Å². The lowest BCUT2D eigenvalue weighted by molar-refractivity contribution is 0.0266. The molecule has 0 radical (unpaired) electrons. The van der Waals surface area contributed by atoms with Crippen LogP contribution in [0.4, 0.5) is 0 Å². The third-order valence-corrected chi connectivity index (χ3v) is 6.63. The standard InChI is InChI=1S/C13H19Cl3/c1-12(2)9-5-4-6-10(15)13(9,3)7-8(14)11(12)16/h6,8-9,11H,4-5,7H2,1-3H3/t8-,9+,11+,13+/m1/s1. The van der Waals surface area contributed by atoms with Gasteiger partial charge in [0.2, 0.25) is 0 Å². The van der Waals surface area contributed by atoms with Crippen molar-refractivity contribution in [2.24, 2.45) is 16.7 Å². The van der Waals surface area contributed by atoms with E-state index in [0.717, 1.165) is 17.9 Å². The number of fused-ring (bicyclic) bond motifs is 1. The van der Waals surface area contributed by atoms with Gasteiger partial charge in [0.05, 0.1) is 10.8 Å². The molecule has 4 atom stereocenters. The minimum absolute atomic E-state index is 0.0122. The molecule has 0 spiro atoms. The van der Waals surface area contributed by atoms with Crippen molar-refractivity contribution in [3.63, 3.8) is 0 Å². The number of hydrogen-bond donors (Lipinski definition) is 0. The van der Waals surface area contributed by atoms with E-state index in [9.17, 15) is 0 Å². The fourth-order valence-electron chi connectivity index (χ4n) is 3.69. The fourth-order valence-corrected chi connectivity index (χ4v) is 4.90. The van der Waals surface area contributed by atoms with Gasteiger partial charge in [-0.25, -0.2) is 0 Å². The van der Waals surface area contributed by atoms with Crippen LogP contribution in [0.2, 0.25) is 0 Å². The van der Waals surface area contributed by atoms with Crippen molar-refractivity contribution in [2.45, 2.75) is 50.8 Å². The summed E-state index contributed by atoms with van der Waals surface area (Å²) >= 11 is 19.3. The highest BCUT2D eigenvalue weighted by Crippen LogP contribution is 2.61. The predicted octanol–water partition coefficient (Wildman–Crippen LogP) is 5.17. The largest absolute Gasteiger partial charge is 0.121 e. The Morgan fingerprint density at radius 3 is 2.50 bits per heavy atom. The zero-order valence-corrected chi connectivity index (χ0v) is 12.3. The predicted molar refractivity (Wildman–Crippen MR) is 72.4 cm³/mol. The molecule has 16 heavy (non-hydrogen) atoms. The molecule has 0 aromatic rings. The summed E-state index contributed by atoms with van der Waals surface area (Å²) in [5.74, 6) is 0.537. The molecule has 2 aliphatic rings. The molecular weight excluding hydrogens is 263 g/mol. The summed E-state index contributed by atoms with van der Waals surface area (Å²) in [6.07, 6.45) is 5.30. The maximum Gasteiger partial charge on any atom is 0.0553 e. The minimum Gasteiger partial charge on any atom is -0.121 e. The highest BCUT2D eigenvalue weighted by molar-refractivity contribution is 6.32. The smallest absolute Gasteiger partial charge is 0.0553 e. The molecule has 0 saturated heterocycles. The second-order valence-electron chi connectivity index (χ2n) is 6.04. The first-order chi connectivity index (χ1) is 7.30. The lowest BCUT2D eigenvalue weighted by Gasteiger charge is -2.56. The van der Waals surface area contributed by atoms with Crippen LogP contribution in [-0.2, 0) is 0 Å². The molecule has 0 nitrogen and oxygen atoms in total. The summed E-state index contributed by atoms with van der Waals surface area (Å²) in [6, 6.07) is 0. The van der Waals surface area contributed by atoms with Gasteiger partial charge in [-0.15, -0.1) is 23.2 Å². The van der Waals surface area contributed by atoms with Crippen molar-refractivity contribution in [3.05, 3.63) is 11.1 Å². The lowest BCUT2D eigenvalue weighted by Crippen LogP contribution is -2.53. The van der Waals surface area contributed by atoms with E-state index in [0.29, 0.717) is 5.92 Å². The van der Waals surface area contributed by atoms with E-state index in [-0.39, 0.29) is 21.6 Å². The van der Waals surface area contributed by atoms with E-state index in [4.69, 9.17) is 34.8 Å². The van der Waals surface area contributed by atoms with Crippen LogP contribution in [0.25, 0.3) is 0 Å². The number of allylic oxidation sites excluding steroid dienone is 2. The van der Waals surface area contributed by atoms with E-state index in [1.165, 1.54) is 6.42 Å². The van der Waals surface area contributed by atoms with Gasteiger partial charge in [-0.1, -0.05) is 38.4 Å². The van der Waals surface area contributed by atoms with E-state index >= 15 is 0 Å². The van der Waals surface area contributed by atoms with Crippen molar-refractivity contribution in [3.8, 4) is 0 Å². The molecule has 0 N–H and O–H groups in total. The molecule has 1 fully saturated rings. The van der Waals surface area contributed by atoms with E-state index < -0.39 is 0 Å². The Morgan fingerprint density at radius 1 is 1.25 bits per heavy atom. The number of halogens is 3. The summed E-state index contributed by atoms with van der Waals surface area (Å²) in [5, 5.41) is 1.04. The van der Waals surface area contributed by atoms with E-state index in [1.807, 2.05) is 0 Å². The van der Waals surface area contributed by atoms with Crippen LogP contribution >= 0.6 is 34.8 Å². The molecule has 0 aliphatic heterocycles. The average Bonchev–Trinajstić information content (AvgIpc) is 2.19. The van der Waals surface area contributed by atoms with Crippen LogP contribution in [0.1, 0.15) is 40.0 Å². The van der Waals surface area contributed by atoms with Gasteiger partial charge in [-0.2, -0.15) is 0 Å². The molecule has 92 valence electrons. The zero-order valence-electron chi connectivity index (χ0n) is 10.1. The van der Waals surface area contributed by atoms with Crippen LogP contribution in [0.15, 0.2) is 11.1 Å². The molecule has 0 aromatic carbocycles. The first-order valence-electron chi connectivity index (χ1n) is 5.94. The van der Waals surface area contributed by atoms with Crippen molar-refractivity contribution in [2.75, 3.05) is 0 Å². The molecule has 2 aliphatic carbocycles. The average molecular weight is 282 g/mol. The van der Waals surface area contributed by atoms with Crippen LogP contribution in [0, 0.1) is 16.7 Å². The van der Waals surface area contributed by atoms with E-state index in [1.54, 1.807) is 0 Å². The number of hydrogen-bond acceptors (Lipinski definition) is 0. The Bertz CT molecular complexity index is 321. The minimum atomic E-state index is 0.0122. The summed E-state index contributed by atoms with van der Waals surface area (Å²) in [5.41, 5.74) is 0.0798. The van der Waals surface area contributed by atoms with Crippen LogP contribution in [0.5, 0.6) is 0 Å². The van der Waals surface area contributed by atoms with Crippen LogP contribution < -0.4 is 0 Å². The molecule has 0 unspecified atom stereocenters. The molecular formula is C13H19Cl3. The molecule has 1 saturated carbocycles. The van der Waals surface area contributed by atoms with Gasteiger partial charge in [0.15, 0.2) is 0 Å². The van der Waals surface area contributed by atoms with Crippen molar-refractivity contribution in [1.82, 2.24) is 0 Å². The van der Waals surface area contributed by atoms with Gasteiger partial charge in [0, 0.05) is 10.4 Å². The zero-order chi connectivity index (χ0) is 12.1. The Morgan fingerprint density at radius 2 is 1.88 bits per heavy atom. The molecule has 0 aromatic heterocycles. The normalized spacial score (nSPS) is 47.1. The Kier molecular flexibility index (Phi) is 3.32. The summed E-state index contributed by atoms with van der Waals surface area (Å²) in [4.78, 5) is 0. The third kappa shape index (κ3) is 1.72. The second-order valence-corrected chi connectivity index (χ2v) is 7.48. The van der Waals surface area contributed by atoms with Crippen LogP contribution in [0.3, 0.4) is 0 Å². The van der Waals surface area contributed by atoms with Gasteiger partial charge in [0.25, 0.3) is 0 Å². The van der Waals surface area contributed by atoms with Crippen molar-refractivity contribution in [1.29, 1.82) is 0 Å². The molecule has 0 bridgehead atoms. The van der Waals surface area contributed by atoms with E-state index in [2.05, 4.69) is 26.8 Å². The fraction of sp³-hybridized carbons (Fsp3) is 0.846. The molecule has 0 amide bonds. The maximum absolute atomic E-state index is 6.49. The van der Waals surface area contributed by atoms with Crippen molar-refractivity contribution >= 4 is 34.8 Å². The molecule has 0 heterocycles. The Labute approximate surface area is 113 Å².